The molecule has 0 unspecified atom stereocenters. The van der Waals surface area contributed by atoms with E-state index in [-0.39, 0.29) is 11.8 Å². The number of aromatic nitrogens is 1. The molecular weight excluding hydrogens is 370 g/mol. The summed E-state index contributed by atoms with van der Waals surface area (Å²) >= 11 is 1.48. The minimum atomic E-state index is -0.278. The highest BCUT2D eigenvalue weighted by atomic mass is 32.1. The van der Waals surface area contributed by atoms with Crippen LogP contribution in [0, 0.1) is 6.92 Å². The molecule has 138 valence electrons. The van der Waals surface area contributed by atoms with Crippen molar-refractivity contribution in [2.75, 3.05) is 10.6 Å². The zero-order chi connectivity index (χ0) is 19.5. The van der Waals surface area contributed by atoms with Gasteiger partial charge in [0.25, 0.3) is 11.8 Å². The predicted molar refractivity (Wildman–Crippen MR) is 113 cm³/mol. The number of hydrogen-bond donors (Lipinski definition) is 2. The van der Waals surface area contributed by atoms with E-state index in [4.69, 9.17) is 0 Å². The van der Waals surface area contributed by atoms with E-state index in [1.54, 1.807) is 41.9 Å². The van der Waals surface area contributed by atoms with Crippen molar-refractivity contribution in [2.45, 2.75) is 6.92 Å². The molecule has 0 fully saturated rings. The molecule has 1 heterocycles. The number of para-hydroxylation sites is 1. The maximum Gasteiger partial charge on any atom is 0.257 e. The second kappa shape index (κ2) is 7.62. The first-order valence-electron chi connectivity index (χ1n) is 8.72. The lowest BCUT2D eigenvalue weighted by Crippen LogP contribution is -2.18. The van der Waals surface area contributed by atoms with Crippen molar-refractivity contribution in [3.8, 4) is 0 Å². The summed E-state index contributed by atoms with van der Waals surface area (Å²) in [5, 5.41) is 5.72. The smallest absolute Gasteiger partial charge is 0.257 e. The van der Waals surface area contributed by atoms with Crippen LogP contribution in [0.15, 0.2) is 72.2 Å². The number of anilines is 2. The number of thiazole rings is 1. The number of aryl methyl sites for hydroxylation is 1. The van der Waals surface area contributed by atoms with Crippen molar-refractivity contribution in [1.29, 1.82) is 0 Å². The Morgan fingerprint density at radius 1 is 0.893 bits per heavy atom. The molecule has 0 atom stereocenters. The van der Waals surface area contributed by atoms with Crippen molar-refractivity contribution in [3.63, 3.8) is 0 Å². The van der Waals surface area contributed by atoms with Crippen LogP contribution < -0.4 is 10.6 Å². The molecule has 3 aromatic carbocycles. The van der Waals surface area contributed by atoms with Crippen LogP contribution in [-0.4, -0.2) is 16.8 Å². The summed E-state index contributed by atoms with van der Waals surface area (Å²) in [5.74, 6) is -0.550. The van der Waals surface area contributed by atoms with Gasteiger partial charge >= 0.3 is 0 Å². The molecule has 0 aliphatic carbocycles. The lowest BCUT2D eigenvalue weighted by molar-refractivity contribution is 0.102. The Balaban J connectivity index is 1.56. The third kappa shape index (κ3) is 3.77. The molecular formula is C22H17N3O2S. The van der Waals surface area contributed by atoms with Gasteiger partial charge in [-0.15, -0.1) is 11.3 Å². The maximum absolute atomic E-state index is 12.7. The molecule has 1 aromatic heterocycles. The second-order valence-corrected chi connectivity index (χ2v) is 7.24. The van der Waals surface area contributed by atoms with Gasteiger partial charge in [0.1, 0.15) is 0 Å². The van der Waals surface area contributed by atoms with Crippen molar-refractivity contribution in [3.05, 3.63) is 88.9 Å². The van der Waals surface area contributed by atoms with Gasteiger partial charge in [-0.25, -0.2) is 4.98 Å². The van der Waals surface area contributed by atoms with E-state index in [0.29, 0.717) is 22.5 Å². The monoisotopic (exact) mass is 387 g/mol. The van der Waals surface area contributed by atoms with Gasteiger partial charge in [0.15, 0.2) is 0 Å². The number of nitrogens with zero attached hydrogens (tertiary/aromatic N) is 1. The molecule has 28 heavy (non-hydrogen) atoms. The highest BCUT2D eigenvalue weighted by Crippen LogP contribution is 2.22. The quantitative estimate of drug-likeness (QED) is 0.511. The molecule has 0 radical (unpaired) electrons. The maximum atomic E-state index is 12.7. The molecule has 4 rings (SSSR count). The Labute approximate surface area is 166 Å². The third-order valence-corrected chi connectivity index (χ3v) is 5.08. The Morgan fingerprint density at radius 3 is 2.61 bits per heavy atom. The van der Waals surface area contributed by atoms with Crippen LogP contribution in [0.1, 0.15) is 26.3 Å². The highest BCUT2D eigenvalue weighted by molar-refractivity contribution is 7.16. The van der Waals surface area contributed by atoms with Crippen molar-refractivity contribution in [2.24, 2.45) is 0 Å². The van der Waals surface area contributed by atoms with E-state index < -0.39 is 0 Å². The number of carbonyl (C=O) groups excluding carboxylic acids is 2. The second-order valence-electron chi connectivity index (χ2n) is 6.36. The summed E-state index contributed by atoms with van der Waals surface area (Å²) in [6, 6.07) is 19.9. The molecule has 0 saturated heterocycles. The summed E-state index contributed by atoms with van der Waals surface area (Å²) in [6.07, 6.45) is 0. The molecule has 2 amide bonds. The molecule has 0 bridgehead atoms. The summed E-state index contributed by atoms with van der Waals surface area (Å²) in [7, 11) is 0. The van der Waals surface area contributed by atoms with Gasteiger partial charge in [-0.05, 0) is 55.0 Å². The number of carbonyl (C=O) groups is 2. The summed E-state index contributed by atoms with van der Waals surface area (Å²) in [6.45, 7) is 1.96. The van der Waals surface area contributed by atoms with Crippen LogP contribution >= 0.6 is 11.3 Å². The Morgan fingerprint density at radius 2 is 1.75 bits per heavy atom. The van der Waals surface area contributed by atoms with Crippen LogP contribution in [0.25, 0.3) is 10.2 Å². The van der Waals surface area contributed by atoms with Gasteiger partial charge in [0.05, 0.1) is 27.0 Å². The molecule has 0 saturated carbocycles. The molecule has 6 heteroatoms. The highest BCUT2D eigenvalue weighted by Gasteiger charge is 2.15. The van der Waals surface area contributed by atoms with Gasteiger partial charge in [-0.1, -0.05) is 24.3 Å². The van der Waals surface area contributed by atoms with E-state index in [9.17, 15) is 9.59 Å². The fourth-order valence-corrected chi connectivity index (χ4v) is 3.62. The summed E-state index contributed by atoms with van der Waals surface area (Å²) in [5.41, 5.74) is 5.75. The largest absolute Gasteiger partial charge is 0.322 e. The SMILES string of the molecule is Cc1cccc(NC(=O)c2ccccc2NC(=O)c2ccc3ncsc3c2)c1. The Bertz CT molecular complexity index is 1180. The number of benzene rings is 3. The van der Waals surface area contributed by atoms with E-state index in [1.807, 2.05) is 37.3 Å². The van der Waals surface area contributed by atoms with Crippen molar-refractivity contribution < 1.29 is 9.59 Å². The summed E-state index contributed by atoms with van der Waals surface area (Å²) in [4.78, 5) is 29.7. The zero-order valence-electron chi connectivity index (χ0n) is 15.1. The van der Waals surface area contributed by atoms with Gasteiger partial charge in [-0.2, -0.15) is 0 Å². The summed E-state index contributed by atoms with van der Waals surface area (Å²) < 4.78 is 0.943. The molecule has 0 spiro atoms. The Hall–Kier alpha value is -3.51. The fourth-order valence-electron chi connectivity index (χ4n) is 2.90. The van der Waals surface area contributed by atoms with E-state index in [0.717, 1.165) is 15.8 Å². The first-order valence-corrected chi connectivity index (χ1v) is 9.60. The predicted octanol–water partition coefficient (Wildman–Crippen LogP) is 5.11. The van der Waals surface area contributed by atoms with Crippen LogP contribution in [0.4, 0.5) is 11.4 Å². The number of amides is 2. The minimum Gasteiger partial charge on any atom is -0.322 e. The number of fused-ring (bicyclic) bond motifs is 1. The molecule has 0 aliphatic rings. The van der Waals surface area contributed by atoms with Gasteiger partial charge < -0.3 is 10.6 Å². The van der Waals surface area contributed by atoms with Gasteiger partial charge in [-0.3, -0.25) is 9.59 Å². The van der Waals surface area contributed by atoms with E-state index in [1.165, 1.54) is 11.3 Å². The number of hydrogen-bond acceptors (Lipinski definition) is 4. The topological polar surface area (TPSA) is 71.1 Å². The Kier molecular flexibility index (Phi) is 4.87. The molecule has 5 nitrogen and oxygen atoms in total. The average molecular weight is 387 g/mol. The van der Waals surface area contributed by atoms with Crippen molar-refractivity contribution >= 4 is 44.7 Å². The molecule has 0 aliphatic heterocycles. The van der Waals surface area contributed by atoms with Crippen LogP contribution in [0.5, 0.6) is 0 Å². The first kappa shape index (κ1) is 17.9. The van der Waals surface area contributed by atoms with E-state index >= 15 is 0 Å². The molecule has 2 N–H and O–H groups in total. The first-order chi connectivity index (χ1) is 13.6. The van der Waals surface area contributed by atoms with Crippen LogP contribution in [0.3, 0.4) is 0 Å². The van der Waals surface area contributed by atoms with E-state index in [2.05, 4.69) is 15.6 Å². The van der Waals surface area contributed by atoms with Gasteiger partial charge in [0, 0.05) is 11.3 Å². The molecule has 4 aromatic rings. The minimum absolute atomic E-state index is 0.272. The van der Waals surface area contributed by atoms with Crippen LogP contribution in [-0.2, 0) is 0 Å². The van der Waals surface area contributed by atoms with Crippen molar-refractivity contribution in [1.82, 2.24) is 4.98 Å². The zero-order valence-corrected chi connectivity index (χ0v) is 15.9. The third-order valence-electron chi connectivity index (χ3n) is 4.29. The van der Waals surface area contributed by atoms with Crippen LogP contribution in [0.2, 0.25) is 0 Å². The fraction of sp³-hybridized carbons (Fsp3) is 0.0455. The standard InChI is InChI=1S/C22H17N3O2S/c1-14-5-4-6-16(11-14)24-22(27)17-7-2-3-8-18(17)25-21(26)15-9-10-19-20(12-15)28-13-23-19/h2-13H,1H3,(H,24,27)(H,25,26). The number of rotatable bonds is 4. The van der Waals surface area contributed by atoms with Gasteiger partial charge in [0.2, 0.25) is 0 Å². The lowest BCUT2D eigenvalue weighted by atomic mass is 10.1. The normalized spacial score (nSPS) is 10.6. The average Bonchev–Trinajstić information content (AvgIpc) is 3.16. The lowest BCUT2D eigenvalue weighted by Gasteiger charge is -2.12. The number of nitrogens with one attached hydrogen (secondary N) is 2.